The quantitative estimate of drug-likeness (QED) is 0.766. The molecule has 0 spiro atoms. The molecule has 0 aliphatic rings. The summed E-state index contributed by atoms with van der Waals surface area (Å²) in [6.45, 7) is 1.69. The number of carbonyl (C=O) groups excluding carboxylic acids is 1. The van der Waals surface area contributed by atoms with Crippen LogP contribution in [-0.2, 0) is 11.2 Å². The predicted molar refractivity (Wildman–Crippen MR) is 88.5 cm³/mol. The van der Waals surface area contributed by atoms with Crippen LogP contribution < -0.4 is 5.32 Å². The van der Waals surface area contributed by atoms with Gasteiger partial charge in [-0.05, 0) is 40.1 Å². The Morgan fingerprint density at radius 2 is 2.04 bits per heavy atom. The fourth-order valence-electron chi connectivity index (χ4n) is 2.21. The maximum Gasteiger partial charge on any atom is 0.230 e. The van der Waals surface area contributed by atoms with Gasteiger partial charge in [0.05, 0.1) is 6.04 Å². The fourth-order valence-corrected chi connectivity index (χ4v) is 3.02. The van der Waals surface area contributed by atoms with Crippen LogP contribution in [0.4, 0.5) is 0 Å². The summed E-state index contributed by atoms with van der Waals surface area (Å²) in [5, 5.41) is 15.2. The zero-order chi connectivity index (χ0) is 16.2. The maximum atomic E-state index is 12.3. The first-order valence-corrected chi connectivity index (χ1v) is 8.30. The first-order chi connectivity index (χ1) is 11.1. The smallest absolute Gasteiger partial charge is 0.230 e. The van der Waals surface area contributed by atoms with Gasteiger partial charge in [-0.15, -0.1) is 10.2 Å². The molecule has 5 nitrogen and oxygen atoms in total. The van der Waals surface area contributed by atoms with Gasteiger partial charge in [-0.2, -0.15) is 11.3 Å². The van der Waals surface area contributed by atoms with Crippen LogP contribution in [0.25, 0.3) is 0 Å². The summed E-state index contributed by atoms with van der Waals surface area (Å²) in [7, 11) is 0. The van der Waals surface area contributed by atoms with Crippen molar-refractivity contribution in [3.05, 3.63) is 69.0 Å². The van der Waals surface area contributed by atoms with Crippen molar-refractivity contribution in [1.29, 1.82) is 0 Å². The number of aryl methyl sites for hydroxylation is 1. The summed E-state index contributed by atoms with van der Waals surface area (Å²) in [6, 6.07) is 9.17. The third-order valence-corrected chi connectivity index (χ3v) is 4.22. The normalized spacial score (nSPS) is 12.1. The number of benzene rings is 1. The highest BCUT2D eigenvalue weighted by Gasteiger charge is 2.19. The van der Waals surface area contributed by atoms with E-state index in [1.165, 1.54) is 0 Å². The molecule has 0 saturated carbocycles. The second-order valence-corrected chi connectivity index (χ2v) is 6.22. The molecule has 3 rings (SSSR count). The zero-order valence-electron chi connectivity index (χ0n) is 12.3. The lowest BCUT2D eigenvalue weighted by Gasteiger charge is -2.18. The standard InChI is InChI=1S/C16H14ClN3O2S/c1-10-19-20-15(22-10)8-14(21)18-16(12-6-7-23-9-12)11-2-4-13(17)5-3-11/h2-7,9,16H,8H2,1H3,(H,18,21). The highest BCUT2D eigenvalue weighted by Crippen LogP contribution is 2.25. The van der Waals surface area contributed by atoms with Crippen LogP contribution in [0.2, 0.25) is 5.02 Å². The molecule has 0 saturated heterocycles. The molecule has 0 aliphatic carbocycles. The van der Waals surface area contributed by atoms with Crippen LogP contribution in [0.1, 0.15) is 29.0 Å². The van der Waals surface area contributed by atoms with Crippen molar-refractivity contribution >= 4 is 28.8 Å². The lowest BCUT2D eigenvalue weighted by molar-refractivity contribution is -0.121. The summed E-state index contributed by atoms with van der Waals surface area (Å²) in [5.74, 6) is 0.569. The summed E-state index contributed by atoms with van der Waals surface area (Å²) in [6.07, 6.45) is 0.0507. The minimum absolute atomic E-state index is 0.0507. The van der Waals surface area contributed by atoms with E-state index in [2.05, 4.69) is 15.5 Å². The van der Waals surface area contributed by atoms with Crippen molar-refractivity contribution in [1.82, 2.24) is 15.5 Å². The molecule has 0 aliphatic heterocycles. The fraction of sp³-hybridized carbons (Fsp3) is 0.188. The zero-order valence-corrected chi connectivity index (χ0v) is 13.9. The Kier molecular flexibility index (Phi) is 4.73. The van der Waals surface area contributed by atoms with Crippen molar-refractivity contribution in [2.75, 3.05) is 0 Å². The molecule has 2 heterocycles. The molecule has 0 radical (unpaired) electrons. The molecule has 1 N–H and O–H groups in total. The number of hydrogen-bond donors (Lipinski definition) is 1. The Hall–Kier alpha value is -2.18. The van der Waals surface area contributed by atoms with Crippen molar-refractivity contribution in [3.8, 4) is 0 Å². The van der Waals surface area contributed by atoms with Crippen molar-refractivity contribution in [2.45, 2.75) is 19.4 Å². The molecule has 3 aromatic rings. The molecular weight excluding hydrogens is 334 g/mol. The number of thiophene rings is 1. The summed E-state index contributed by atoms with van der Waals surface area (Å²) >= 11 is 7.53. The van der Waals surface area contributed by atoms with Crippen LogP contribution in [-0.4, -0.2) is 16.1 Å². The van der Waals surface area contributed by atoms with Gasteiger partial charge in [0, 0.05) is 11.9 Å². The van der Waals surface area contributed by atoms with Gasteiger partial charge in [0.1, 0.15) is 6.42 Å². The van der Waals surface area contributed by atoms with E-state index in [1.54, 1.807) is 18.3 Å². The molecule has 2 aromatic heterocycles. The number of halogens is 1. The van der Waals surface area contributed by atoms with Gasteiger partial charge in [-0.3, -0.25) is 4.79 Å². The van der Waals surface area contributed by atoms with E-state index in [1.807, 2.05) is 41.1 Å². The van der Waals surface area contributed by atoms with Gasteiger partial charge in [-0.1, -0.05) is 23.7 Å². The summed E-state index contributed by atoms with van der Waals surface area (Å²) in [5.41, 5.74) is 1.98. The molecule has 7 heteroatoms. The average molecular weight is 348 g/mol. The number of rotatable bonds is 5. The van der Waals surface area contributed by atoms with E-state index < -0.39 is 0 Å². The number of carbonyl (C=O) groups is 1. The maximum absolute atomic E-state index is 12.3. The first kappa shape index (κ1) is 15.7. The number of hydrogen-bond acceptors (Lipinski definition) is 5. The van der Waals surface area contributed by atoms with E-state index in [-0.39, 0.29) is 18.4 Å². The number of aromatic nitrogens is 2. The second kappa shape index (κ2) is 6.93. The Morgan fingerprint density at radius 1 is 1.26 bits per heavy atom. The largest absolute Gasteiger partial charge is 0.425 e. The average Bonchev–Trinajstić information content (AvgIpc) is 3.18. The lowest BCUT2D eigenvalue weighted by Crippen LogP contribution is -2.30. The molecule has 0 fully saturated rings. The van der Waals surface area contributed by atoms with Gasteiger partial charge in [0.2, 0.25) is 17.7 Å². The van der Waals surface area contributed by atoms with Crippen LogP contribution in [0.15, 0.2) is 45.5 Å². The Bertz CT molecular complexity index is 784. The molecule has 1 aromatic carbocycles. The van der Waals surface area contributed by atoms with Gasteiger partial charge < -0.3 is 9.73 Å². The topological polar surface area (TPSA) is 68.0 Å². The van der Waals surface area contributed by atoms with Crippen LogP contribution in [0.5, 0.6) is 0 Å². The number of nitrogens with one attached hydrogen (secondary N) is 1. The van der Waals surface area contributed by atoms with E-state index in [0.29, 0.717) is 16.8 Å². The second-order valence-electron chi connectivity index (χ2n) is 5.00. The van der Waals surface area contributed by atoms with Gasteiger partial charge in [0.15, 0.2) is 0 Å². The summed E-state index contributed by atoms with van der Waals surface area (Å²) in [4.78, 5) is 12.3. The number of amides is 1. The third kappa shape index (κ3) is 3.97. The van der Waals surface area contributed by atoms with Crippen molar-refractivity contribution in [3.63, 3.8) is 0 Å². The SMILES string of the molecule is Cc1nnc(CC(=O)NC(c2ccc(Cl)cc2)c2ccsc2)o1. The Balaban J connectivity index is 1.78. The molecule has 0 bridgehead atoms. The van der Waals surface area contributed by atoms with Crippen molar-refractivity contribution in [2.24, 2.45) is 0 Å². The highest BCUT2D eigenvalue weighted by molar-refractivity contribution is 7.08. The minimum Gasteiger partial charge on any atom is -0.425 e. The molecule has 118 valence electrons. The molecule has 1 amide bonds. The first-order valence-electron chi connectivity index (χ1n) is 6.98. The monoisotopic (exact) mass is 347 g/mol. The van der Waals surface area contributed by atoms with Crippen LogP contribution in [0, 0.1) is 6.92 Å². The van der Waals surface area contributed by atoms with Gasteiger partial charge in [0.25, 0.3) is 0 Å². The lowest BCUT2D eigenvalue weighted by atomic mass is 10.0. The highest BCUT2D eigenvalue weighted by atomic mass is 35.5. The predicted octanol–water partition coefficient (Wildman–Crippen LogP) is 3.54. The van der Waals surface area contributed by atoms with E-state index in [4.69, 9.17) is 16.0 Å². The van der Waals surface area contributed by atoms with Gasteiger partial charge in [-0.25, -0.2) is 0 Å². The van der Waals surface area contributed by atoms with Crippen molar-refractivity contribution < 1.29 is 9.21 Å². The Labute approximate surface area is 142 Å². The Morgan fingerprint density at radius 3 is 2.65 bits per heavy atom. The summed E-state index contributed by atoms with van der Waals surface area (Å²) < 4.78 is 5.25. The molecule has 23 heavy (non-hydrogen) atoms. The molecular formula is C16H14ClN3O2S. The number of nitrogens with zero attached hydrogens (tertiary/aromatic N) is 2. The van der Waals surface area contributed by atoms with E-state index >= 15 is 0 Å². The molecule has 1 atom stereocenters. The van der Waals surface area contributed by atoms with Crippen LogP contribution in [0.3, 0.4) is 0 Å². The third-order valence-electron chi connectivity index (χ3n) is 3.26. The van der Waals surface area contributed by atoms with E-state index in [9.17, 15) is 4.79 Å². The van der Waals surface area contributed by atoms with Gasteiger partial charge >= 0.3 is 0 Å². The molecule has 1 unspecified atom stereocenters. The van der Waals surface area contributed by atoms with Crippen LogP contribution >= 0.6 is 22.9 Å². The van der Waals surface area contributed by atoms with E-state index in [0.717, 1.165) is 11.1 Å². The minimum atomic E-state index is -0.241.